The second kappa shape index (κ2) is 8.68. The molecule has 0 saturated heterocycles. The number of hydrogen-bond donors (Lipinski definition) is 1. The second-order valence-corrected chi connectivity index (χ2v) is 9.12. The van der Waals surface area contributed by atoms with Crippen LogP contribution < -0.4 is 10.6 Å². The standard InChI is InChI=1S/C26H21Cl2N5O/c1-15-22(25(28)33(31-15)18-6-3-2-4-7-18)23-19(14-29)26(30)32(17-12-10-16(27)11-13-17)20-8-5-9-21(34)24(20)23/h2-4,6-7,10-13,23H,5,8-9,30H2,1H3. The fourth-order valence-electron chi connectivity index (χ4n) is 4.84. The number of halogens is 2. The third-order valence-corrected chi connectivity index (χ3v) is 6.95. The van der Waals surface area contributed by atoms with Gasteiger partial charge in [0.15, 0.2) is 5.78 Å². The lowest BCUT2D eigenvalue weighted by Gasteiger charge is -2.39. The van der Waals surface area contributed by atoms with Gasteiger partial charge in [0.25, 0.3) is 0 Å². The van der Waals surface area contributed by atoms with Crippen LogP contribution in [0.5, 0.6) is 0 Å². The molecule has 0 spiro atoms. The highest BCUT2D eigenvalue weighted by atomic mass is 35.5. The maximum atomic E-state index is 13.4. The molecule has 2 aliphatic rings. The van der Waals surface area contributed by atoms with Crippen molar-refractivity contribution in [2.24, 2.45) is 5.73 Å². The molecule has 2 aromatic carbocycles. The Morgan fingerprint density at radius 3 is 2.44 bits per heavy atom. The first-order chi connectivity index (χ1) is 16.4. The quantitative estimate of drug-likeness (QED) is 0.502. The molecule has 0 amide bonds. The van der Waals surface area contributed by atoms with Crippen LogP contribution in [0.2, 0.25) is 10.2 Å². The predicted octanol–water partition coefficient (Wildman–Crippen LogP) is 5.79. The molecule has 1 aliphatic carbocycles. The number of nitriles is 1. The van der Waals surface area contributed by atoms with Crippen LogP contribution in [-0.2, 0) is 4.79 Å². The number of anilines is 1. The van der Waals surface area contributed by atoms with E-state index in [1.54, 1.807) is 16.8 Å². The number of nitrogens with two attached hydrogens (primary N) is 1. The van der Waals surface area contributed by atoms with Gasteiger partial charge in [0.2, 0.25) is 0 Å². The number of hydrogen-bond acceptors (Lipinski definition) is 5. The summed E-state index contributed by atoms with van der Waals surface area (Å²) in [4.78, 5) is 15.2. The number of carbonyl (C=O) groups is 1. The molecule has 6 nitrogen and oxygen atoms in total. The molecule has 1 aromatic heterocycles. The van der Waals surface area contributed by atoms with E-state index in [0.29, 0.717) is 46.3 Å². The monoisotopic (exact) mass is 489 g/mol. The SMILES string of the molecule is Cc1nn(-c2ccccc2)c(Cl)c1C1C(C#N)=C(N)N(c2ccc(Cl)cc2)C2=C1C(=O)CCC2. The van der Waals surface area contributed by atoms with Gasteiger partial charge in [-0.2, -0.15) is 10.4 Å². The van der Waals surface area contributed by atoms with Gasteiger partial charge in [-0.3, -0.25) is 9.69 Å². The zero-order valence-corrected chi connectivity index (χ0v) is 19.9. The zero-order chi connectivity index (χ0) is 24.0. The smallest absolute Gasteiger partial charge is 0.161 e. The van der Waals surface area contributed by atoms with E-state index in [0.717, 1.165) is 17.1 Å². The van der Waals surface area contributed by atoms with Crippen LogP contribution in [0.4, 0.5) is 5.69 Å². The lowest BCUT2D eigenvalue weighted by Crippen LogP contribution is -2.38. The highest BCUT2D eigenvalue weighted by Crippen LogP contribution is 2.48. The fourth-order valence-corrected chi connectivity index (χ4v) is 5.35. The first-order valence-electron chi connectivity index (χ1n) is 10.9. The van der Waals surface area contributed by atoms with Crippen LogP contribution in [-0.4, -0.2) is 15.6 Å². The third kappa shape index (κ3) is 3.49. The number of rotatable bonds is 3. The Balaban J connectivity index is 1.75. The van der Waals surface area contributed by atoms with Crippen molar-refractivity contribution in [3.8, 4) is 11.8 Å². The third-order valence-electron chi connectivity index (χ3n) is 6.34. The molecular formula is C26H21Cl2N5O. The summed E-state index contributed by atoms with van der Waals surface area (Å²) in [5.41, 5.74) is 11.1. The van der Waals surface area contributed by atoms with Crippen LogP contribution in [0.3, 0.4) is 0 Å². The first kappa shape index (κ1) is 22.3. The van der Waals surface area contributed by atoms with Gasteiger partial charge in [-0.15, -0.1) is 0 Å². The summed E-state index contributed by atoms with van der Waals surface area (Å²) >= 11 is 13.0. The van der Waals surface area contributed by atoms with Crippen LogP contribution in [0.25, 0.3) is 5.69 Å². The number of benzene rings is 2. The average molecular weight is 490 g/mol. The molecule has 0 radical (unpaired) electrons. The van der Waals surface area contributed by atoms with E-state index in [4.69, 9.17) is 28.9 Å². The number of aryl methyl sites for hydroxylation is 1. The van der Waals surface area contributed by atoms with Crippen molar-refractivity contribution in [3.05, 3.63) is 98.7 Å². The molecule has 2 heterocycles. The minimum atomic E-state index is -0.679. The minimum Gasteiger partial charge on any atom is -0.384 e. The number of para-hydroxylation sites is 1. The Hall–Kier alpha value is -3.53. The molecular weight excluding hydrogens is 469 g/mol. The Bertz CT molecular complexity index is 1400. The molecule has 1 atom stereocenters. The van der Waals surface area contributed by atoms with Gasteiger partial charge in [-0.05, 0) is 56.2 Å². The minimum absolute atomic E-state index is 0.00612. The normalized spacial score (nSPS) is 18.2. The molecule has 5 rings (SSSR count). The lowest BCUT2D eigenvalue weighted by atomic mass is 9.75. The fraction of sp³-hybridized carbons (Fsp3) is 0.192. The highest BCUT2D eigenvalue weighted by Gasteiger charge is 2.42. The van der Waals surface area contributed by atoms with Crippen LogP contribution in [0.15, 0.2) is 77.3 Å². The summed E-state index contributed by atoms with van der Waals surface area (Å²) in [6, 6.07) is 19.0. The van der Waals surface area contributed by atoms with E-state index in [2.05, 4.69) is 11.2 Å². The van der Waals surface area contributed by atoms with Gasteiger partial charge < -0.3 is 5.73 Å². The maximum absolute atomic E-state index is 13.4. The Morgan fingerprint density at radius 1 is 1.06 bits per heavy atom. The number of ketones is 1. The van der Waals surface area contributed by atoms with Gasteiger partial charge in [0.05, 0.1) is 28.9 Å². The molecule has 34 heavy (non-hydrogen) atoms. The van der Waals surface area contributed by atoms with E-state index in [1.807, 2.05) is 54.3 Å². The average Bonchev–Trinajstić information content (AvgIpc) is 3.13. The van der Waals surface area contributed by atoms with Crippen molar-refractivity contribution >= 4 is 34.7 Å². The summed E-state index contributed by atoms with van der Waals surface area (Å²) < 4.78 is 1.64. The Labute approximate surface area is 207 Å². The van der Waals surface area contributed by atoms with Gasteiger partial charge in [0.1, 0.15) is 11.0 Å². The summed E-state index contributed by atoms with van der Waals surface area (Å²) in [5, 5.41) is 15.8. The molecule has 170 valence electrons. The molecule has 1 unspecified atom stereocenters. The molecule has 0 bridgehead atoms. The van der Waals surface area contributed by atoms with Crippen molar-refractivity contribution in [1.82, 2.24) is 9.78 Å². The van der Waals surface area contributed by atoms with Crippen molar-refractivity contribution < 1.29 is 4.79 Å². The van der Waals surface area contributed by atoms with Gasteiger partial charge in [-0.1, -0.05) is 41.4 Å². The zero-order valence-electron chi connectivity index (χ0n) is 18.4. The second-order valence-electron chi connectivity index (χ2n) is 8.33. The number of aromatic nitrogens is 2. The molecule has 1 aliphatic heterocycles. The summed E-state index contributed by atoms with van der Waals surface area (Å²) in [6.07, 6.45) is 1.77. The maximum Gasteiger partial charge on any atom is 0.161 e. The van der Waals surface area contributed by atoms with E-state index >= 15 is 0 Å². The topological polar surface area (TPSA) is 87.9 Å². The van der Waals surface area contributed by atoms with E-state index in [1.165, 1.54) is 0 Å². The number of carbonyl (C=O) groups excluding carboxylic acids is 1. The van der Waals surface area contributed by atoms with E-state index < -0.39 is 5.92 Å². The van der Waals surface area contributed by atoms with Crippen molar-refractivity contribution in [2.45, 2.75) is 32.1 Å². The number of Topliss-reactive ketones (excluding diaryl/α,β-unsaturated/α-hetero) is 1. The highest BCUT2D eigenvalue weighted by molar-refractivity contribution is 6.31. The van der Waals surface area contributed by atoms with Crippen LogP contribution >= 0.6 is 23.2 Å². The molecule has 8 heteroatoms. The van der Waals surface area contributed by atoms with Crippen molar-refractivity contribution in [3.63, 3.8) is 0 Å². The van der Waals surface area contributed by atoms with Crippen molar-refractivity contribution in [1.29, 1.82) is 5.26 Å². The number of allylic oxidation sites excluding steroid dienone is 3. The van der Waals surface area contributed by atoms with Crippen LogP contribution in [0, 0.1) is 18.3 Å². The molecule has 0 saturated carbocycles. The summed E-state index contributed by atoms with van der Waals surface area (Å²) in [7, 11) is 0. The molecule has 0 fully saturated rings. The van der Waals surface area contributed by atoms with Gasteiger partial charge >= 0.3 is 0 Å². The molecule has 2 N–H and O–H groups in total. The first-order valence-corrected chi connectivity index (χ1v) is 11.7. The Morgan fingerprint density at radius 2 is 1.76 bits per heavy atom. The Kier molecular flexibility index (Phi) is 5.68. The van der Waals surface area contributed by atoms with E-state index in [-0.39, 0.29) is 17.2 Å². The lowest BCUT2D eigenvalue weighted by molar-refractivity contribution is -0.116. The summed E-state index contributed by atoms with van der Waals surface area (Å²) in [6.45, 7) is 1.84. The van der Waals surface area contributed by atoms with Gasteiger partial charge in [0, 0.05) is 34.0 Å². The predicted molar refractivity (Wildman–Crippen MR) is 133 cm³/mol. The molecule has 3 aromatic rings. The summed E-state index contributed by atoms with van der Waals surface area (Å²) in [5.74, 6) is -0.402. The number of nitrogens with zero attached hydrogens (tertiary/aromatic N) is 4. The van der Waals surface area contributed by atoms with Crippen LogP contribution in [0.1, 0.15) is 36.4 Å². The van der Waals surface area contributed by atoms with Crippen molar-refractivity contribution in [2.75, 3.05) is 4.90 Å². The van der Waals surface area contributed by atoms with E-state index in [9.17, 15) is 10.1 Å². The largest absolute Gasteiger partial charge is 0.384 e. The van der Waals surface area contributed by atoms with Gasteiger partial charge in [-0.25, -0.2) is 4.68 Å².